The van der Waals surface area contributed by atoms with Crippen LogP contribution in [0.15, 0.2) is 12.1 Å². The van der Waals surface area contributed by atoms with E-state index in [1.807, 2.05) is 19.1 Å². The molecule has 0 spiro atoms. The van der Waals surface area contributed by atoms with Crippen molar-refractivity contribution in [2.45, 2.75) is 33.1 Å². The Morgan fingerprint density at radius 3 is 2.78 bits per heavy atom. The molecule has 3 nitrogen and oxygen atoms in total. The van der Waals surface area contributed by atoms with Crippen molar-refractivity contribution in [1.82, 2.24) is 5.32 Å². The Morgan fingerprint density at radius 2 is 2.17 bits per heavy atom. The van der Waals surface area contributed by atoms with Crippen molar-refractivity contribution in [2.75, 3.05) is 13.7 Å². The van der Waals surface area contributed by atoms with Crippen LogP contribution < -0.4 is 10.1 Å². The number of rotatable bonds is 3. The summed E-state index contributed by atoms with van der Waals surface area (Å²) in [6.45, 7) is 7.11. The van der Waals surface area contributed by atoms with Crippen LogP contribution >= 0.6 is 0 Å². The zero-order chi connectivity index (χ0) is 13.3. The predicted octanol–water partition coefficient (Wildman–Crippen LogP) is 2.88. The van der Waals surface area contributed by atoms with Crippen molar-refractivity contribution in [2.24, 2.45) is 5.92 Å². The van der Waals surface area contributed by atoms with Gasteiger partial charge >= 0.3 is 0 Å². The highest BCUT2D eigenvalue weighted by molar-refractivity contribution is 5.99. The summed E-state index contributed by atoms with van der Waals surface area (Å²) < 4.78 is 5.45. The highest BCUT2D eigenvalue weighted by Crippen LogP contribution is 2.37. The third-order valence-electron chi connectivity index (χ3n) is 3.53. The first kappa shape index (κ1) is 12.9. The summed E-state index contributed by atoms with van der Waals surface area (Å²) in [7, 11) is 1.67. The van der Waals surface area contributed by atoms with E-state index in [4.69, 9.17) is 4.74 Å². The molecule has 2 rings (SSSR count). The van der Waals surface area contributed by atoms with Crippen molar-refractivity contribution < 1.29 is 9.53 Å². The molecular weight excluding hydrogens is 226 g/mol. The first-order valence-corrected chi connectivity index (χ1v) is 6.50. The third-order valence-corrected chi connectivity index (χ3v) is 3.53. The molecule has 1 atom stereocenters. The van der Waals surface area contributed by atoms with Crippen LogP contribution in [0.4, 0.5) is 0 Å². The molecule has 1 aliphatic rings. The molecule has 0 saturated heterocycles. The molecule has 1 aliphatic heterocycles. The Labute approximate surface area is 109 Å². The van der Waals surface area contributed by atoms with Gasteiger partial charge in [-0.2, -0.15) is 0 Å². The Morgan fingerprint density at radius 1 is 1.44 bits per heavy atom. The van der Waals surface area contributed by atoms with Gasteiger partial charge in [-0.15, -0.1) is 0 Å². The van der Waals surface area contributed by atoms with Crippen molar-refractivity contribution in [1.29, 1.82) is 0 Å². The highest BCUT2D eigenvalue weighted by Gasteiger charge is 2.30. The predicted molar refractivity (Wildman–Crippen MR) is 72.3 cm³/mol. The molecule has 1 amide bonds. The normalized spacial score (nSPS) is 18.5. The summed E-state index contributed by atoms with van der Waals surface area (Å²) in [5, 5.41) is 2.99. The lowest BCUT2D eigenvalue weighted by Gasteiger charge is -2.29. The summed E-state index contributed by atoms with van der Waals surface area (Å²) in [4.78, 5) is 12.0. The minimum absolute atomic E-state index is 0.0291. The van der Waals surface area contributed by atoms with Gasteiger partial charge in [0.25, 0.3) is 5.91 Å². The van der Waals surface area contributed by atoms with E-state index < -0.39 is 0 Å². The first-order chi connectivity index (χ1) is 8.54. The van der Waals surface area contributed by atoms with Crippen molar-refractivity contribution in [3.05, 3.63) is 28.8 Å². The Hall–Kier alpha value is -1.51. The molecule has 0 bridgehead atoms. The fourth-order valence-corrected chi connectivity index (χ4v) is 2.77. The summed E-state index contributed by atoms with van der Waals surface area (Å²) in [6.07, 6.45) is 1.06. The zero-order valence-electron chi connectivity index (χ0n) is 11.5. The van der Waals surface area contributed by atoms with E-state index in [1.54, 1.807) is 7.11 Å². The number of ether oxygens (including phenoxy) is 1. The summed E-state index contributed by atoms with van der Waals surface area (Å²) in [6, 6.07) is 3.93. The van der Waals surface area contributed by atoms with Gasteiger partial charge in [0, 0.05) is 23.6 Å². The van der Waals surface area contributed by atoms with Crippen LogP contribution in [0.5, 0.6) is 5.75 Å². The lowest BCUT2D eigenvalue weighted by atomic mass is 9.82. The number of benzene rings is 1. The molecule has 1 aromatic carbocycles. The molecule has 0 saturated carbocycles. The number of nitrogens with one attached hydrogen (secondary N) is 1. The van der Waals surface area contributed by atoms with Gasteiger partial charge in [-0.25, -0.2) is 0 Å². The second-order valence-corrected chi connectivity index (χ2v) is 5.41. The molecule has 98 valence electrons. The quantitative estimate of drug-likeness (QED) is 0.892. The zero-order valence-corrected chi connectivity index (χ0v) is 11.5. The minimum Gasteiger partial charge on any atom is -0.496 e. The van der Waals surface area contributed by atoms with E-state index in [0.29, 0.717) is 18.4 Å². The monoisotopic (exact) mass is 247 g/mol. The van der Waals surface area contributed by atoms with Crippen molar-refractivity contribution in [3.8, 4) is 5.75 Å². The SMILES string of the molecule is COc1ccc(C)c2c1C(CC(C)C)CNC2=O. The van der Waals surface area contributed by atoms with Gasteiger partial charge in [0.2, 0.25) is 0 Å². The van der Waals surface area contributed by atoms with Crippen LogP contribution in [0.25, 0.3) is 0 Å². The summed E-state index contributed by atoms with van der Waals surface area (Å²) in [5.41, 5.74) is 2.93. The molecule has 1 unspecified atom stereocenters. The molecule has 1 N–H and O–H groups in total. The minimum atomic E-state index is 0.0291. The van der Waals surface area contributed by atoms with Crippen LogP contribution in [0.2, 0.25) is 0 Å². The standard InChI is InChI=1S/C15H21NO2/c1-9(2)7-11-8-16-15(17)13-10(3)5-6-12(18-4)14(11)13/h5-6,9,11H,7-8H2,1-4H3,(H,16,17). The maximum absolute atomic E-state index is 12.0. The van der Waals surface area contributed by atoms with Crippen LogP contribution in [0, 0.1) is 12.8 Å². The van der Waals surface area contributed by atoms with Gasteiger partial charge in [-0.05, 0) is 30.9 Å². The van der Waals surface area contributed by atoms with Gasteiger partial charge in [0.05, 0.1) is 7.11 Å². The van der Waals surface area contributed by atoms with E-state index in [2.05, 4.69) is 19.2 Å². The average molecular weight is 247 g/mol. The number of amides is 1. The molecule has 18 heavy (non-hydrogen) atoms. The number of carbonyl (C=O) groups excluding carboxylic acids is 1. The lowest BCUT2D eigenvalue weighted by Crippen LogP contribution is -2.36. The fraction of sp³-hybridized carbons (Fsp3) is 0.533. The lowest BCUT2D eigenvalue weighted by molar-refractivity contribution is 0.0936. The molecule has 0 radical (unpaired) electrons. The maximum Gasteiger partial charge on any atom is 0.252 e. The molecule has 1 heterocycles. The smallest absolute Gasteiger partial charge is 0.252 e. The topological polar surface area (TPSA) is 38.3 Å². The number of carbonyl (C=O) groups is 1. The summed E-state index contributed by atoms with van der Waals surface area (Å²) >= 11 is 0. The molecule has 0 fully saturated rings. The van der Waals surface area contributed by atoms with Crippen LogP contribution in [0.1, 0.15) is 47.7 Å². The average Bonchev–Trinajstić information content (AvgIpc) is 2.32. The second-order valence-electron chi connectivity index (χ2n) is 5.41. The van der Waals surface area contributed by atoms with E-state index in [1.165, 1.54) is 0 Å². The van der Waals surface area contributed by atoms with Crippen molar-refractivity contribution >= 4 is 5.91 Å². The number of fused-ring (bicyclic) bond motifs is 1. The van der Waals surface area contributed by atoms with E-state index in [9.17, 15) is 4.79 Å². The molecule has 0 aliphatic carbocycles. The molecular formula is C15H21NO2. The van der Waals surface area contributed by atoms with E-state index >= 15 is 0 Å². The third kappa shape index (κ3) is 2.22. The van der Waals surface area contributed by atoms with Gasteiger partial charge < -0.3 is 10.1 Å². The van der Waals surface area contributed by atoms with Gasteiger partial charge in [0.1, 0.15) is 5.75 Å². The van der Waals surface area contributed by atoms with Crippen LogP contribution in [-0.4, -0.2) is 19.6 Å². The van der Waals surface area contributed by atoms with Gasteiger partial charge in [-0.3, -0.25) is 4.79 Å². The Bertz CT molecular complexity index is 466. The van der Waals surface area contributed by atoms with Crippen molar-refractivity contribution in [3.63, 3.8) is 0 Å². The molecule has 1 aromatic rings. The van der Waals surface area contributed by atoms with E-state index in [-0.39, 0.29) is 5.91 Å². The van der Waals surface area contributed by atoms with Gasteiger partial charge in [0.15, 0.2) is 0 Å². The maximum atomic E-state index is 12.0. The Kier molecular flexibility index (Phi) is 3.60. The molecule has 0 aromatic heterocycles. The second kappa shape index (κ2) is 5.01. The number of aryl methyl sites for hydroxylation is 1. The Balaban J connectivity index is 2.53. The van der Waals surface area contributed by atoms with Crippen LogP contribution in [-0.2, 0) is 0 Å². The number of hydrogen-bond acceptors (Lipinski definition) is 2. The van der Waals surface area contributed by atoms with Crippen LogP contribution in [0.3, 0.4) is 0 Å². The highest BCUT2D eigenvalue weighted by atomic mass is 16.5. The first-order valence-electron chi connectivity index (χ1n) is 6.50. The van der Waals surface area contributed by atoms with E-state index in [0.717, 1.165) is 28.9 Å². The molecule has 3 heteroatoms. The fourth-order valence-electron chi connectivity index (χ4n) is 2.77. The summed E-state index contributed by atoms with van der Waals surface area (Å²) in [5.74, 6) is 1.83. The largest absolute Gasteiger partial charge is 0.496 e. The van der Waals surface area contributed by atoms with Gasteiger partial charge in [-0.1, -0.05) is 19.9 Å². The number of methoxy groups -OCH3 is 1. The number of hydrogen-bond donors (Lipinski definition) is 1.